The minimum absolute atomic E-state index is 0.0381. The lowest BCUT2D eigenvalue weighted by Gasteiger charge is -2.21. The van der Waals surface area contributed by atoms with Gasteiger partial charge in [0.2, 0.25) is 0 Å². The molecule has 2 aliphatic rings. The van der Waals surface area contributed by atoms with Crippen LogP contribution in [0.25, 0.3) is 0 Å². The minimum Gasteiger partial charge on any atom is -0.481 e. The van der Waals surface area contributed by atoms with Gasteiger partial charge >= 0.3 is 5.97 Å². The number of fused-ring (bicyclic) bond motifs is 1. The number of carboxylic acid groups (broad SMARTS) is 1. The SMILES string of the molecule is CC(C)(C(=O)O)c1ccc(N2CC3=CCCC=C3C2=O)cc1. The van der Waals surface area contributed by atoms with Gasteiger partial charge < -0.3 is 10.0 Å². The summed E-state index contributed by atoms with van der Waals surface area (Å²) in [4.78, 5) is 25.5. The van der Waals surface area contributed by atoms with Crippen LogP contribution in [0.5, 0.6) is 0 Å². The van der Waals surface area contributed by atoms with E-state index in [2.05, 4.69) is 6.08 Å². The van der Waals surface area contributed by atoms with E-state index in [4.69, 9.17) is 0 Å². The van der Waals surface area contributed by atoms with Gasteiger partial charge in [-0.15, -0.1) is 0 Å². The highest BCUT2D eigenvalue weighted by Crippen LogP contribution is 2.33. The standard InChI is InChI=1S/C18H19NO3/c1-18(2,17(21)22)13-7-9-14(10-8-13)19-11-12-5-3-4-6-15(12)16(19)20/h5-10H,3-4,11H2,1-2H3,(H,21,22). The lowest BCUT2D eigenvalue weighted by atomic mass is 9.85. The molecule has 4 nitrogen and oxygen atoms in total. The summed E-state index contributed by atoms with van der Waals surface area (Å²) >= 11 is 0. The highest BCUT2D eigenvalue weighted by atomic mass is 16.4. The van der Waals surface area contributed by atoms with Gasteiger partial charge in [0, 0.05) is 11.3 Å². The van der Waals surface area contributed by atoms with Crippen molar-refractivity contribution < 1.29 is 14.7 Å². The molecule has 1 N–H and O–H groups in total. The zero-order valence-electron chi connectivity index (χ0n) is 12.8. The molecule has 1 aliphatic heterocycles. The van der Waals surface area contributed by atoms with Gasteiger partial charge in [-0.3, -0.25) is 9.59 Å². The van der Waals surface area contributed by atoms with Crippen LogP contribution in [0, 0.1) is 0 Å². The summed E-state index contributed by atoms with van der Waals surface area (Å²) in [6.07, 6.45) is 6.06. The summed E-state index contributed by atoms with van der Waals surface area (Å²) < 4.78 is 0. The first-order valence-corrected chi connectivity index (χ1v) is 7.46. The molecule has 1 fully saturated rings. The molecular formula is C18H19NO3. The van der Waals surface area contributed by atoms with E-state index < -0.39 is 11.4 Å². The monoisotopic (exact) mass is 297 g/mol. The van der Waals surface area contributed by atoms with Crippen molar-refractivity contribution in [1.29, 1.82) is 0 Å². The van der Waals surface area contributed by atoms with Crippen molar-refractivity contribution in [3.8, 4) is 0 Å². The average Bonchev–Trinajstić information content (AvgIpc) is 2.85. The van der Waals surface area contributed by atoms with Gasteiger partial charge in [-0.2, -0.15) is 0 Å². The van der Waals surface area contributed by atoms with Crippen LogP contribution in [0.3, 0.4) is 0 Å². The van der Waals surface area contributed by atoms with Crippen LogP contribution in [0.15, 0.2) is 47.6 Å². The Morgan fingerprint density at radius 1 is 1.14 bits per heavy atom. The third-order valence-electron chi connectivity index (χ3n) is 4.49. The number of aliphatic carboxylic acids is 1. The van der Waals surface area contributed by atoms with E-state index in [0.717, 1.165) is 35.2 Å². The Morgan fingerprint density at radius 3 is 2.36 bits per heavy atom. The molecule has 0 saturated carbocycles. The Kier molecular flexibility index (Phi) is 3.39. The van der Waals surface area contributed by atoms with Crippen LogP contribution < -0.4 is 4.90 Å². The summed E-state index contributed by atoms with van der Waals surface area (Å²) in [5.41, 5.74) is 2.52. The predicted molar refractivity (Wildman–Crippen MR) is 84.9 cm³/mol. The van der Waals surface area contributed by atoms with E-state index in [9.17, 15) is 14.7 Å². The maximum atomic E-state index is 12.5. The Balaban J connectivity index is 1.88. The van der Waals surface area contributed by atoms with Gasteiger partial charge in [0.05, 0.1) is 12.0 Å². The number of carboxylic acids is 1. The summed E-state index contributed by atoms with van der Waals surface area (Å²) in [6.45, 7) is 3.96. The molecule has 4 heteroatoms. The summed E-state index contributed by atoms with van der Waals surface area (Å²) in [5.74, 6) is -0.824. The number of anilines is 1. The van der Waals surface area contributed by atoms with Crippen molar-refractivity contribution in [3.05, 3.63) is 53.1 Å². The largest absolute Gasteiger partial charge is 0.481 e. The molecular weight excluding hydrogens is 278 g/mol. The Bertz CT molecular complexity index is 696. The number of carbonyl (C=O) groups is 2. The molecule has 3 rings (SSSR count). The topological polar surface area (TPSA) is 57.6 Å². The Morgan fingerprint density at radius 2 is 1.77 bits per heavy atom. The second-order valence-corrected chi connectivity index (χ2v) is 6.29. The van der Waals surface area contributed by atoms with E-state index in [1.165, 1.54) is 0 Å². The number of amides is 1. The minimum atomic E-state index is -0.938. The quantitative estimate of drug-likeness (QED) is 0.933. The van der Waals surface area contributed by atoms with Crippen LogP contribution in [0.4, 0.5) is 5.69 Å². The molecule has 0 bridgehead atoms. The first-order valence-electron chi connectivity index (χ1n) is 7.46. The van der Waals surface area contributed by atoms with Gasteiger partial charge in [0.25, 0.3) is 5.91 Å². The van der Waals surface area contributed by atoms with Gasteiger partial charge in [0.1, 0.15) is 0 Å². The fourth-order valence-electron chi connectivity index (χ4n) is 2.88. The molecule has 0 atom stereocenters. The molecule has 0 radical (unpaired) electrons. The molecule has 0 unspecified atom stereocenters. The lowest BCUT2D eigenvalue weighted by molar-refractivity contribution is -0.142. The van der Waals surface area contributed by atoms with E-state index in [1.54, 1.807) is 30.9 Å². The molecule has 1 amide bonds. The smallest absolute Gasteiger partial charge is 0.313 e. The maximum absolute atomic E-state index is 12.5. The molecule has 0 aromatic heterocycles. The number of carbonyl (C=O) groups excluding carboxylic acids is 1. The van der Waals surface area contributed by atoms with Crippen molar-refractivity contribution in [2.75, 3.05) is 11.4 Å². The summed E-state index contributed by atoms with van der Waals surface area (Å²) in [7, 11) is 0. The zero-order chi connectivity index (χ0) is 15.9. The third-order valence-corrected chi connectivity index (χ3v) is 4.49. The van der Waals surface area contributed by atoms with Crippen molar-refractivity contribution >= 4 is 17.6 Å². The summed E-state index contributed by atoms with van der Waals surface area (Å²) in [6, 6.07) is 7.25. The Hall–Kier alpha value is -2.36. The summed E-state index contributed by atoms with van der Waals surface area (Å²) in [5, 5.41) is 9.28. The van der Waals surface area contributed by atoms with Crippen LogP contribution >= 0.6 is 0 Å². The number of hydrogen-bond donors (Lipinski definition) is 1. The maximum Gasteiger partial charge on any atom is 0.313 e. The molecule has 1 heterocycles. The van der Waals surface area contributed by atoms with Crippen LogP contribution in [0.1, 0.15) is 32.3 Å². The normalized spacial score (nSPS) is 17.9. The van der Waals surface area contributed by atoms with E-state index >= 15 is 0 Å². The van der Waals surface area contributed by atoms with Gasteiger partial charge in [-0.1, -0.05) is 24.3 Å². The molecule has 1 aliphatic carbocycles. The molecule has 1 aromatic rings. The highest BCUT2D eigenvalue weighted by molar-refractivity contribution is 6.12. The van der Waals surface area contributed by atoms with E-state index in [-0.39, 0.29) is 5.91 Å². The average molecular weight is 297 g/mol. The number of hydrogen-bond acceptors (Lipinski definition) is 2. The van der Waals surface area contributed by atoms with Crippen molar-refractivity contribution in [1.82, 2.24) is 0 Å². The van der Waals surface area contributed by atoms with Crippen LogP contribution in [-0.4, -0.2) is 23.5 Å². The molecule has 1 saturated heterocycles. The molecule has 0 spiro atoms. The number of benzene rings is 1. The molecule has 1 aromatic carbocycles. The van der Waals surface area contributed by atoms with Gasteiger partial charge in [-0.25, -0.2) is 0 Å². The Labute approximate surface area is 129 Å². The third kappa shape index (κ3) is 2.25. The zero-order valence-corrected chi connectivity index (χ0v) is 12.8. The van der Waals surface area contributed by atoms with E-state index in [1.807, 2.05) is 18.2 Å². The highest BCUT2D eigenvalue weighted by Gasteiger charge is 2.33. The van der Waals surface area contributed by atoms with Crippen molar-refractivity contribution in [2.45, 2.75) is 32.1 Å². The van der Waals surface area contributed by atoms with Crippen LogP contribution in [0.2, 0.25) is 0 Å². The van der Waals surface area contributed by atoms with Gasteiger partial charge in [0.15, 0.2) is 0 Å². The van der Waals surface area contributed by atoms with Crippen molar-refractivity contribution in [3.63, 3.8) is 0 Å². The fraction of sp³-hybridized carbons (Fsp3) is 0.333. The number of rotatable bonds is 3. The van der Waals surface area contributed by atoms with Crippen LogP contribution in [-0.2, 0) is 15.0 Å². The molecule has 114 valence electrons. The second kappa shape index (κ2) is 5.13. The second-order valence-electron chi connectivity index (χ2n) is 6.29. The number of nitrogens with zero attached hydrogens (tertiary/aromatic N) is 1. The first kappa shape index (κ1) is 14.6. The predicted octanol–water partition coefficient (Wildman–Crippen LogP) is 3.04. The van der Waals surface area contributed by atoms with Gasteiger partial charge in [-0.05, 0) is 50.0 Å². The van der Waals surface area contributed by atoms with Crippen molar-refractivity contribution in [2.24, 2.45) is 0 Å². The molecule has 22 heavy (non-hydrogen) atoms. The lowest BCUT2D eigenvalue weighted by Crippen LogP contribution is -2.29. The first-order chi connectivity index (χ1) is 10.4. The van der Waals surface area contributed by atoms with E-state index in [0.29, 0.717) is 6.54 Å². The fourth-order valence-corrected chi connectivity index (χ4v) is 2.88. The number of allylic oxidation sites excluding steroid dienone is 2.